The Morgan fingerprint density at radius 3 is 2.52 bits per heavy atom. The van der Waals surface area contributed by atoms with Crippen LogP contribution < -0.4 is 10.2 Å². The molecule has 7 nitrogen and oxygen atoms in total. The van der Waals surface area contributed by atoms with Crippen LogP contribution in [0.2, 0.25) is 5.02 Å². The summed E-state index contributed by atoms with van der Waals surface area (Å²) >= 11 is 5.98. The summed E-state index contributed by atoms with van der Waals surface area (Å²) in [7, 11) is -1.15. The van der Waals surface area contributed by atoms with Crippen LogP contribution in [0.25, 0.3) is 0 Å². The Kier molecular flexibility index (Phi) is 6.95. The number of carbonyl (C=O) groups excluding carboxylic acids is 1. The molecule has 1 N–H and O–H groups in total. The highest BCUT2D eigenvalue weighted by molar-refractivity contribution is 7.89. The van der Waals surface area contributed by atoms with E-state index < -0.39 is 22.5 Å². The van der Waals surface area contributed by atoms with E-state index in [0.717, 1.165) is 15.4 Å². The lowest BCUT2D eigenvalue weighted by molar-refractivity contribution is -0.121. The topological polar surface area (TPSA) is 88.1 Å². The van der Waals surface area contributed by atoms with Crippen molar-refractivity contribution in [1.82, 2.24) is 9.73 Å². The Bertz CT molecular complexity index is 944. The molecule has 0 radical (unpaired) electrons. The summed E-state index contributed by atoms with van der Waals surface area (Å²) in [6.45, 7) is 1.58. The van der Waals surface area contributed by atoms with E-state index in [0.29, 0.717) is 5.75 Å². The van der Waals surface area contributed by atoms with E-state index in [9.17, 15) is 13.2 Å². The molecule has 2 aromatic carbocycles. The molecule has 0 saturated carbocycles. The van der Waals surface area contributed by atoms with E-state index in [-0.39, 0.29) is 9.92 Å². The number of rotatable bonds is 7. The predicted molar refractivity (Wildman–Crippen MR) is 105 cm³/mol. The number of hydrogen-bond acceptors (Lipinski definition) is 5. The molecule has 9 heteroatoms. The quantitative estimate of drug-likeness (QED) is 0.562. The maximum atomic E-state index is 12.6. The Hall–Kier alpha value is -2.42. The van der Waals surface area contributed by atoms with Crippen molar-refractivity contribution < 1.29 is 17.9 Å². The normalized spacial score (nSPS) is 11.7. The number of carbonyl (C=O) groups is 1. The van der Waals surface area contributed by atoms with Crippen LogP contribution in [-0.4, -0.2) is 45.5 Å². The van der Waals surface area contributed by atoms with Gasteiger partial charge in [0.15, 0.2) is 0 Å². The second kappa shape index (κ2) is 8.98. The van der Waals surface area contributed by atoms with Crippen LogP contribution in [0.4, 0.5) is 0 Å². The Labute approximate surface area is 163 Å². The number of methoxy groups -OCH3 is 1. The van der Waals surface area contributed by atoms with Crippen LogP contribution in [-0.2, 0) is 14.8 Å². The third-order valence-electron chi connectivity index (χ3n) is 3.68. The monoisotopic (exact) mass is 409 g/mol. The first-order valence-corrected chi connectivity index (χ1v) is 9.74. The maximum Gasteiger partial charge on any atom is 0.255 e. The van der Waals surface area contributed by atoms with Crippen molar-refractivity contribution in [1.29, 1.82) is 0 Å². The molecule has 2 rings (SSSR count). The van der Waals surface area contributed by atoms with Crippen molar-refractivity contribution in [3.8, 4) is 5.75 Å². The van der Waals surface area contributed by atoms with Gasteiger partial charge >= 0.3 is 0 Å². The Morgan fingerprint density at radius 2 is 1.93 bits per heavy atom. The minimum atomic E-state index is -3.88. The van der Waals surface area contributed by atoms with Crippen molar-refractivity contribution in [2.45, 2.75) is 11.8 Å². The van der Waals surface area contributed by atoms with E-state index >= 15 is 0 Å². The molecule has 27 heavy (non-hydrogen) atoms. The number of ether oxygens (including phenoxy) is 1. The van der Waals surface area contributed by atoms with E-state index in [1.54, 1.807) is 0 Å². The summed E-state index contributed by atoms with van der Waals surface area (Å²) in [6, 6.07) is 11.6. The smallest absolute Gasteiger partial charge is 0.255 e. The second-order valence-electron chi connectivity index (χ2n) is 5.76. The van der Waals surface area contributed by atoms with E-state index in [4.69, 9.17) is 16.3 Å². The van der Waals surface area contributed by atoms with Crippen molar-refractivity contribution >= 4 is 33.7 Å². The van der Waals surface area contributed by atoms with Gasteiger partial charge < -0.3 is 4.74 Å². The molecule has 0 unspecified atom stereocenters. The van der Waals surface area contributed by atoms with E-state index in [2.05, 4.69) is 10.5 Å². The van der Waals surface area contributed by atoms with Crippen LogP contribution in [0, 0.1) is 6.92 Å². The summed E-state index contributed by atoms with van der Waals surface area (Å²) in [5, 5.41) is 4.00. The third-order valence-corrected chi connectivity index (χ3v) is 5.77. The highest BCUT2D eigenvalue weighted by atomic mass is 35.5. The number of hydrazone groups is 1. The summed E-state index contributed by atoms with van der Waals surface area (Å²) in [5.74, 6) is -0.203. The van der Waals surface area contributed by atoms with Gasteiger partial charge in [-0.15, -0.1) is 0 Å². The Balaban J connectivity index is 2.00. The fourth-order valence-corrected chi connectivity index (χ4v) is 3.62. The summed E-state index contributed by atoms with van der Waals surface area (Å²) < 4.78 is 31.0. The molecular formula is C18H20ClN3O4S. The number of halogens is 1. The molecule has 1 amide bonds. The molecular weight excluding hydrogens is 390 g/mol. The first-order chi connectivity index (χ1) is 12.7. The zero-order valence-electron chi connectivity index (χ0n) is 15.1. The summed E-state index contributed by atoms with van der Waals surface area (Å²) in [6.07, 6.45) is 1.48. The lowest BCUT2D eigenvalue weighted by Crippen LogP contribution is -2.36. The molecule has 0 heterocycles. The Morgan fingerprint density at radius 1 is 1.26 bits per heavy atom. The van der Waals surface area contributed by atoms with Gasteiger partial charge in [0, 0.05) is 7.05 Å². The number of sulfonamides is 1. The van der Waals surface area contributed by atoms with Crippen molar-refractivity contribution in [2.24, 2.45) is 5.10 Å². The number of amides is 1. The molecule has 0 atom stereocenters. The van der Waals surface area contributed by atoms with Crippen LogP contribution in [0.1, 0.15) is 11.1 Å². The third kappa shape index (κ3) is 5.53. The van der Waals surface area contributed by atoms with Crippen molar-refractivity contribution in [2.75, 3.05) is 20.7 Å². The summed E-state index contributed by atoms with van der Waals surface area (Å²) in [5.41, 5.74) is 4.24. The molecule has 0 aliphatic carbocycles. The van der Waals surface area contributed by atoms with Crippen LogP contribution in [0.5, 0.6) is 5.75 Å². The van der Waals surface area contributed by atoms with Crippen LogP contribution in [0.3, 0.4) is 0 Å². The molecule has 0 bridgehead atoms. The molecule has 2 aromatic rings. The predicted octanol–water partition coefficient (Wildman–Crippen LogP) is 2.43. The largest absolute Gasteiger partial charge is 0.495 e. The fraction of sp³-hybridized carbons (Fsp3) is 0.222. The van der Waals surface area contributed by atoms with Gasteiger partial charge in [-0.3, -0.25) is 4.79 Å². The van der Waals surface area contributed by atoms with Gasteiger partial charge in [0.2, 0.25) is 10.0 Å². The van der Waals surface area contributed by atoms with Crippen molar-refractivity contribution in [3.63, 3.8) is 0 Å². The first-order valence-electron chi connectivity index (χ1n) is 7.92. The molecule has 144 valence electrons. The van der Waals surface area contributed by atoms with Gasteiger partial charge in [-0.25, -0.2) is 13.8 Å². The molecule has 0 aliphatic rings. The number of nitrogens with zero attached hydrogens (tertiary/aromatic N) is 2. The van der Waals surface area contributed by atoms with Crippen molar-refractivity contribution in [3.05, 3.63) is 58.6 Å². The second-order valence-corrected chi connectivity index (χ2v) is 8.21. The minimum absolute atomic E-state index is 0.0354. The molecule has 0 aromatic heterocycles. The lowest BCUT2D eigenvalue weighted by atomic mass is 10.2. The van der Waals surface area contributed by atoms with Gasteiger partial charge in [0.25, 0.3) is 5.91 Å². The number of aryl methyl sites for hydroxylation is 1. The number of nitrogens with one attached hydrogen (secondary N) is 1. The zero-order chi connectivity index (χ0) is 20.0. The highest BCUT2D eigenvalue weighted by Gasteiger charge is 2.23. The SMILES string of the molecule is COc1ccc(S(=O)(=O)N(C)CC(=O)NN=Cc2ccc(C)cc2)cc1Cl. The maximum absolute atomic E-state index is 12.6. The van der Waals surface area contributed by atoms with Gasteiger partial charge in [-0.1, -0.05) is 41.4 Å². The van der Waals surface area contributed by atoms with Gasteiger partial charge in [-0.05, 0) is 30.7 Å². The zero-order valence-corrected chi connectivity index (χ0v) is 16.7. The molecule has 0 fully saturated rings. The van der Waals surface area contributed by atoms with Gasteiger partial charge in [-0.2, -0.15) is 9.41 Å². The number of benzene rings is 2. The van der Waals surface area contributed by atoms with Gasteiger partial charge in [0.05, 0.1) is 29.8 Å². The lowest BCUT2D eigenvalue weighted by Gasteiger charge is -2.16. The van der Waals surface area contributed by atoms with Crippen LogP contribution >= 0.6 is 11.6 Å². The van der Waals surface area contributed by atoms with E-state index in [1.165, 1.54) is 38.6 Å². The van der Waals surface area contributed by atoms with Gasteiger partial charge in [0.1, 0.15) is 5.75 Å². The molecule has 0 spiro atoms. The first kappa shape index (κ1) is 20.9. The molecule has 0 saturated heterocycles. The fourth-order valence-electron chi connectivity index (χ4n) is 2.14. The number of likely N-dealkylation sites (N-methyl/N-ethyl adjacent to an activating group) is 1. The standard InChI is InChI=1S/C18H20ClN3O4S/c1-13-4-6-14(7-5-13)11-20-21-18(23)12-22(2)27(24,25)15-8-9-17(26-3)16(19)10-15/h4-11H,12H2,1-3H3,(H,21,23). The number of hydrogen-bond donors (Lipinski definition) is 1. The highest BCUT2D eigenvalue weighted by Crippen LogP contribution is 2.27. The minimum Gasteiger partial charge on any atom is -0.495 e. The molecule has 0 aliphatic heterocycles. The average molecular weight is 410 g/mol. The van der Waals surface area contributed by atoms with E-state index in [1.807, 2.05) is 31.2 Å². The average Bonchev–Trinajstić information content (AvgIpc) is 2.63. The van der Waals surface area contributed by atoms with Crippen LogP contribution in [0.15, 0.2) is 52.5 Å². The summed E-state index contributed by atoms with van der Waals surface area (Å²) in [4.78, 5) is 11.9.